The molecule has 20 heteroatoms. The number of hydrazine groups is 1. The van der Waals surface area contributed by atoms with Crippen molar-refractivity contribution in [2.75, 3.05) is 29.9 Å². The van der Waals surface area contributed by atoms with E-state index in [1.807, 2.05) is 0 Å². The molecule has 1 saturated heterocycles. The number of amides is 1. The van der Waals surface area contributed by atoms with E-state index in [9.17, 15) is 34.6 Å². The topological polar surface area (TPSA) is 218 Å². The largest absolute Gasteiger partial charge is 0.495 e. The molecule has 1 fully saturated rings. The predicted octanol–water partition coefficient (Wildman–Crippen LogP) is 1.55. The van der Waals surface area contributed by atoms with Crippen LogP contribution in [-0.4, -0.2) is 71.5 Å². The number of anilines is 2. The lowest BCUT2D eigenvalue weighted by atomic mass is 10.2. The molecule has 1 aliphatic rings. The summed E-state index contributed by atoms with van der Waals surface area (Å²) in [6.07, 6.45) is 0. The molecule has 1 amide bonds. The predicted molar refractivity (Wildman–Crippen MR) is 140 cm³/mol. The Bertz CT molecular complexity index is 1660. The number of hydrazone groups is 1. The van der Waals surface area contributed by atoms with E-state index in [1.165, 1.54) is 19.2 Å². The van der Waals surface area contributed by atoms with Crippen LogP contribution in [0.25, 0.3) is 0 Å². The van der Waals surface area contributed by atoms with E-state index >= 15 is 0 Å². The molecule has 2 aromatic carbocycles. The first kappa shape index (κ1) is 31.0. The molecule has 39 heavy (non-hydrogen) atoms. The van der Waals surface area contributed by atoms with Crippen molar-refractivity contribution in [2.45, 2.75) is 22.8 Å². The normalized spacial score (nSPS) is 17.6. The van der Waals surface area contributed by atoms with Gasteiger partial charge in [0.2, 0.25) is 0 Å². The number of methoxy groups -OCH3 is 1. The molecule has 0 spiro atoms. The van der Waals surface area contributed by atoms with Gasteiger partial charge in [-0.1, -0.05) is 23.2 Å². The standard InChI is InChI=1S/C19H20Cl2N4O11S3/c1-10-18(19(26)25(24-10)15-8-13(21)17(9-12(15)20)38(29,30)31)23-22-14-7-11(3-4-16(14)35-2)37(27,28)6-5-36-39(32,33)34/h3-4,7-10,22,24H,5-6H2,1-2H3,(H,29,30,31)(H,32,33,34). The molecule has 1 unspecified atom stereocenters. The van der Waals surface area contributed by atoms with E-state index in [0.29, 0.717) is 0 Å². The maximum absolute atomic E-state index is 13.1. The van der Waals surface area contributed by atoms with Crippen LogP contribution in [0.15, 0.2) is 45.2 Å². The number of hydrogen-bond acceptors (Lipinski definition) is 12. The third kappa shape index (κ3) is 7.35. The Labute approximate surface area is 233 Å². The summed E-state index contributed by atoms with van der Waals surface area (Å²) in [5, 5.41) is 4.39. The lowest BCUT2D eigenvalue weighted by Gasteiger charge is -2.18. The van der Waals surface area contributed by atoms with E-state index in [0.717, 1.165) is 23.2 Å². The van der Waals surface area contributed by atoms with E-state index in [4.69, 9.17) is 32.5 Å². The molecule has 0 radical (unpaired) electrons. The Kier molecular flexibility index (Phi) is 9.15. The van der Waals surface area contributed by atoms with Crippen LogP contribution >= 0.6 is 23.2 Å². The van der Waals surface area contributed by atoms with Crippen LogP contribution in [0.5, 0.6) is 5.75 Å². The first-order chi connectivity index (χ1) is 17.9. The lowest BCUT2D eigenvalue weighted by Crippen LogP contribution is -2.36. The number of sulfone groups is 1. The zero-order valence-electron chi connectivity index (χ0n) is 19.8. The van der Waals surface area contributed by atoms with Gasteiger partial charge < -0.3 is 4.74 Å². The van der Waals surface area contributed by atoms with Crippen LogP contribution in [0.1, 0.15) is 6.92 Å². The Morgan fingerprint density at radius 2 is 1.74 bits per heavy atom. The average Bonchev–Trinajstić information content (AvgIpc) is 3.09. The monoisotopic (exact) mass is 646 g/mol. The Balaban J connectivity index is 1.88. The molecule has 0 bridgehead atoms. The first-order valence-electron chi connectivity index (χ1n) is 10.4. The first-order valence-corrected chi connectivity index (χ1v) is 15.6. The molecule has 4 N–H and O–H groups in total. The summed E-state index contributed by atoms with van der Waals surface area (Å²) in [6, 6.07) is 4.82. The number of benzene rings is 2. The van der Waals surface area contributed by atoms with Crippen molar-refractivity contribution in [3.8, 4) is 5.75 Å². The highest BCUT2D eigenvalue weighted by atomic mass is 35.5. The maximum Gasteiger partial charge on any atom is 0.397 e. The Morgan fingerprint density at radius 1 is 1.08 bits per heavy atom. The lowest BCUT2D eigenvalue weighted by molar-refractivity contribution is -0.112. The van der Waals surface area contributed by atoms with E-state index < -0.39 is 64.6 Å². The molecule has 0 aromatic heterocycles. The second-order valence-electron chi connectivity index (χ2n) is 7.74. The minimum Gasteiger partial charge on any atom is -0.495 e. The van der Waals surface area contributed by atoms with Gasteiger partial charge >= 0.3 is 10.4 Å². The smallest absolute Gasteiger partial charge is 0.397 e. The summed E-state index contributed by atoms with van der Waals surface area (Å²) in [4.78, 5) is 12.2. The summed E-state index contributed by atoms with van der Waals surface area (Å²) in [5.74, 6) is -1.36. The zero-order valence-corrected chi connectivity index (χ0v) is 23.8. The number of nitrogens with one attached hydrogen (secondary N) is 2. The molecule has 1 aliphatic heterocycles. The fourth-order valence-corrected chi connectivity index (χ4v) is 6.13. The fourth-order valence-electron chi connectivity index (χ4n) is 3.28. The maximum atomic E-state index is 13.1. The Morgan fingerprint density at radius 3 is 2.33 bits per heavy atom. The van der Waals surface area contributed by atoms with Crippen LogP contribution in [0.3, 0.4) is 0 Å². The van der Waals surface area contributed by atoms with Gasteiger partial charge in [-0.3, -0.25) is 19.3 Å². The molecule has 2 aromatic rings. The number of halogens is 2. The number of nitrogens with zero attached hydrogens (tertiary/aromatic N) is 2. The van der Waals surface area contributed by atoms with Gasteiger partial charge in [0.05, 0.1) is 51.8 Å². The van der Waals surface area contributed by atoms with Crippen molar-refractivity contribution in [1.29, 1.82) is 0 Å². The van der Waals surface area contributed by atoms with Gasteiger partial charge in [0.15, 0.2) is 9.84 Å². The number of carbonyl (C=O) groups is 1. The minimum atomic E-state index is -4.82. The quantitative estimate of drug-likeness (QED) is 0.213. The average molecular weight is 647 g/mol. The van der Waals surface area contributed by atoms with Crippen molar-refractivity contribution in [3.05, 3.63) is 40.4 Å². The van der Waals surface area contributed by atoms with Gasteiger partial charge in [-0.2, -0.15) is 21.9 Å². The molecular formula is C19H20Cl2N4O11S3. The Hall–Kier alpha value is -2.55. The highest BCUT2D eigenvalue weighted by Gasteiger charge is 2.37. The summed E-state index contributed by atoms with van der Waals surface area (Å²) in [6.45, 7) is 0.734. The molecule has 0 saturated carbocycles. The van der Waals surface area contributed by atoms with Crippen LogP contribution in [-0.2, 0) is 39.3 Å². The molecule has 214 valence electrons. The summed E-state index contributed by atoms with van der Waals surface area (Å²) in [7, 11) is -12.3. The van der Waals surface area contributed by atoms with Crippen molar-refractivity contribution in [1.82, 2.24) is 5.43 Å². The van der Waals surface area contributed by atoms with E-state index in [1.54, 1.807) is 6.92 Å². The van der Waals surface area contributed by atoms with Gasteiger partial charge in [-0.25, -0.2) is 23.0 Å². The highest BCUT2D eigenvalue weighted by molar-refractivity contribution is 7.91. The third-order valence-corrected chi connectivity index (χ3v) is 8.85. The fraction of sp³-hybridized carbons (Fsp3) is 0.263. The van der Waals surface area contributed by atoms with Gasteiger partial charge in [-0.05, 0) is 37.3 Å². The van der Waals surface area contributed by atoms with E-state index in [-0.39, 0.29) is 32.8 Å². The van der Waals surface area contributed by atoms with Gasteiger partial charge in [0.25, 0.3) is 16.0 Å². The molecule has 1 heterocycles. The van der Waals surface area contributed by atoms with Gasteiger partial charge in [0, 0.05) is 0 Å². The van der Waals surface area contributed by atoms with Gasteiger partial charge in [-0.15, -0.1) is 0 Å². The van der Waals surface area contributed by atoms with Crippen molar-refractivity contribution >= 4 is 76.5 Å². The SMILES string of the molecule is COc1ccc(S(=O)(=O)CCOS(=O)(=O)O)cc1NN=C1C(=O)N(c2cc(Cl)c(S(=O)(=O)O)cc2Cl)NC1C. The van der Waals surface area contributed by atoms with Crippen LogP contribution < -0.4 is 20.6 Å². The summed E-state index contributed by atoms with van der Waals surface area (Å²) < 4.78 is 96.5. The van der Waals surface area contributed by atoms with Gasteiger partial charge in [0.1, 0.15) is 16.4 Å². The minimum absolute atomic E-state index is 0.0267. The van der Waals surface area contributed by atoms with Crippen molar-refractivity contribution in [2.24, 2.45) is 5.10 Å². The second-order valence-corrected chi connectivity index (χ2v) is 13.1. The zero-order chi connectivity index (χ0) is 29.3. The molecule has 3 rings (SSSR count). The highest BCUT2D eigenvalue weighted by Crippen LogP contribution is 2.35. The number of hydrogen-bond donors (Lipinski definition) is 4. The summed E-state index contributed by atoms with van der Waals surface area (Å²) in [5.41, 5.74) is 5.23. The molecule has 15 nitrogen and oxygen atoms in total. The van der Waals surface area contributed by atoms with Crippen molar-refractivity contribution < 1.29 is 48.1 Å². The van der Waals surface area contributed by atoms with Crippen LogP contribution in [0.4, 0.5) is 11.4 Å². The van der Waals surface area contributed by atoms with E-state index in [2.05, 4.69) is 20.1 Å². The molecule has 1 atom stereocenters. The van der Waals surface area contributed by atoms with Crippen LogP contribution in [0, 0.1) is 0 Å². The molecule has 0 aliphatic carbocycles. The number of carbonyl (C=O) groups excluding carboxylic acids is 1. The van der Waals surface area contributed by atoms with Crippen molar-refractivity contribution in [3.63, 3.8) is 0 Å². The summed E-state index contributed by atoms with van der Waals surface area (Å²) >= 11 is 12.1. The number of rotatable bonds is 10. The number of ether oxygens (including phenoxy) is 1. The second kappa shape index (κ2) is 11.5. The third-order valence-electron chi connectivity index (χ3n) is 5.09. The van der Waals surface area contributed by atoms with Crippen LogP contribution in [0.2, 0.25) is 10.0 Å². The molecular weight excluding hydrogens is 627 g/mol.